The van der Waals surface area contributed by atoms with Gasteiger partial charge in [0.25, 0.3) is 0 Å². The lowest BCUT2D eigenvalue weighted by Gasteiger charge is -2.39. The SMILES string of the molecule is CC[N+](C)(CC)CC[N+](C)(CCc1ccccc1)Cc1ccccc1.[I-].[I-]. The minimum atomic E-state index is 0. The average molecular weight is 594 g/mol. The molecule has 2 aromatic rings. The van der Waals surface area contributed by atoms with Gasteiger partial charge in [-0.1, -0.05) is 60.7 Å². The predicted octanol–water partition coefficient (Wildman–Crippen LogP) is -1.63. The van der Waals surface area contributed by atoms with Gasteiger partial charge in [-0.3, -0.25) is 0 Å². The molecular weight excluding hydrogens is 558 g/mol. The molecule has 2 aromatic carbocycles. The topological polar surface area (TPSA) is 0 Å². The van der Waals surface area contributed by atoms with Gasteiger partial charge in [-0.15, -0.1) is 0 Å². The van der Waals surface area contributed by atoms with Crippen LogP contribution < -0.4 is 48.0 Å². The summed E-state index contributed by atoms with van der Waals surface area (Å²) >= 11 is 0. The molecule has 0 aliphatic rings. The van der Waals surface area contributed by atoms with Gasteiger partial charge in [-0.05, 0) is 19.4 Å². The highest BCUT2D eigenvalue weighted by molar-refractivity contribution is 5.15. The Morgan fingerprint density at radius 1 is 0.593 bits per heavy atom. The molecule has 0 aliphatic heterocycles. The molecule has 2 rings (SSSR count). The van der Waals surface area contributed by atoms with Crippen molar-refractivity contribution >= 4 is 0 Å². The number of likely N-dealkylation sites (N-methyl/N-ethyl adjacent to an activating group) is 2. The fraction of sp³-hybridized carbons (Fsp3) is 0.478. The molecule has 0 saturated heterocycles. The first-order valence-electron chi connectivity index (χ1n) is 9.73. The third-order valence-electron chi connectivity index (χ3n) is 5.90. The van der Waals surface area contributed by atoms with Crippen molar-refractivity contribution in [3.05, 3.63) is 71.8 Å². The molecule has 0 aromatic heterocycles. The van der Waals surface area contributed by atoms with Crippen molar-refractivity contribution < 1.29 is 56.9 Å². The molecular formula is C23H36I2N2. The van der Waals surface area contributed by atoms with E-state index in [9.17, 15) is 0 Å². The summed E-state index contributed by atoms with van der Waals surface area (Å²) < 4.78 is 2.26. The van der Waals surface area contributed by atoms with Crippen LogP contribution in [0.3, 0.4) is 0 Å². The lowest BCUT2D eigenvalue weighted by Crippen LogP contribution is -3.00. The van der Waals surface area contributed by atoms with E-state index < -0.39 is 0 Å². The minimum Gasteiger partial charge on any atom is -1.00 e. The molecule has 0 heterocycles. The Labute approximate surface area is 201 Å². The van der Waals surface area contributed by atoms with Crippen LogP contribution in [0.1, 0.15) is 25.0 Å². The van der Waals surface area contributed by atoms with Crippen molar-refractivity contribution in [2.24, 2.45) is 0 Å². The van der Waals surface area contributed by atoms with Gasteiger partial charge in [0.2, 0.25) is 0 Å². The van der Waals surface area contributed by atoms with E-state index in [1.807, 2.05) is 0 Å². The van der Waals surface area contributed by atoms with E-state index in [0.29, 0.717) is 0 Å². The van der Waals surface area contributed by atoms with Gasteiger partial charge in [0.15, 0.2) is 0 Å². The van der Waals surface area contributed by atoms with Crippen molar-refractivity contribution in [3.8, 4) is 0 Å². The van der Waals surface area contributed by atoms with Crippen molar-refractivity contribution in [2.45, 2.75) is 26.8 Å². The van der Waals surface area contributed by atoms with E-state index in [1.165, 1.54) is 43.9 Å². The second-order valence-electron chi connectivity index (χ2n) is 7.92. The Morgan fingerprint density at radius 3 is 1.52 bits per heavy atom. The Bertz CT molecular complexity index is 615. The van der Waals surface area contributed by atoms with Gasteiger partial charge in [0.1, 0.15) is 19.6 Å². The number of benzene rings is 2. The zero-order chi connectivity index (χ0) is 18.2. The van der Waals surface area contributed by atoms with Gasteiger partial charge in [-0.25, -0.2) is 0 Å². The van der Waals surface area contributed by atoms with E-state index in [2.05, 4.69) is 88.6 Å². The number of nitrogens with zero attached hydrogens (tertiary/aromatic N) is 2. The smallest absolute Gasteiger partial charge is 0.129 e. The van der Waals surface area contributed by atoms with Crippen LogP contribution in [0, 0.1) is 0 Å². The fourth-order valence-corrected chi connectivity index (χ4v) is 3.36. The first kappa shape index (κ1) is 26.8. The number of halogens is 2. The van der Waals surface area contributed by atoms with Gasteiger partial charge in [0, 0.05) is 12.0 Å². The van der Waals surface area contributed by atoms with Crippen LogP contribution in [-0.4, -0.2) is 55.8 Å². The van der Waals surface area contributed by atoms with Crippen molar-refractivity contribution in [2.75, 3.05) is 46.8 Å². The van der Waals surface area contributed by atoms with E-state index in [4.69, 9.17) is 0 Å². The molecule has 0 N–H and O–H groups in total. The molecule has 0 saturated carbocycles. The molecule has 152 valence electrons. The highest BCUT2D eigenvalue weighted by Crippen LogP contribution is 2.16. The second-order valence-corrected chi connectivity index (χ2v) is 7.92. The number of hydrogen-bond donors (Lipinski definition) is 0. The largest absolute Gasteiger partial charge is 1.00 e. The average Bonchev–Trinajstić information content (AvgIpc) is 2.66. The van der Waals surface area contributed by atoms with Crippen LogP contribution in [0.5, 0.6) is 0 Å². The maximum atomic E-state index is 2.44. The third-order valence-corrected chi connectivity index (χ3v) is 5.90. The van der Waals surface area contributed by atoms with Crippen LogP contribution in [0.25, 0.3) is 0 Å². The molecule has 0 bridgehead atoms. The third kappa shape index (κ3) is 9.24. The van der Waals surface area contributed by atoms with Crippen LogP contribution >= 0.6 is 0 Å². The van der Waals surface area contributed by atoms with Crippen molar-refractivity contribution in [1.82, 2.24) is 0 Å². The van der Waals surface area contributed by atoms with Crippen LogP contribution in [-0.2, 0) is 13.0 Å². The Balaban J connectivity index is 0.00000338. The Morgan fingerprint density at radius 2 is 1.04 bits per heavy atom. The monoisotopic (exact) mass is 594 g/mol. The predicted molar refractivity (Wildman–Crippen MR) is 108 cm³/mol. The molecule has 4 heteroatoms. The van der Waals surface area contributed by atoms with Crippen molar-refractivity contribution in [1.29, 1.82) is 0 Å². The molecule has 0 fully saturated rings. The number of hydrogen-bond acceptors (Lipinski definition) is 0. The first-order valence-corrected chi connectivity index (χ1v) is 9.73. The van der Waals surface area contributed by atoms with Crippen LogP contribution in [0.2, 0.25) is 0 Å². The van der Waals surface area contributed by atoms with E-state index in [0.717, 1.165) is 21.9 Å². The van der Waals surface area contributed by atoms with Crippen LogP contribution in [0.15, 0.2) is 60.7 Å². The zero-order valence-corrected chi connectivity index (χ0v) is 21.7. The number of rotatable bonds is 10. The second kappa shape index (κ2) is 13.1. The molecule has 0 amide bonds. The summed E-state index contributed by atoms with van der Waals surface area (Å²) in [5.41, 5.74) is 2.89. The van der Waals surface area contributed by atoms with Gasteiger partial charge in [-0.2, -0.15) is 0 Å². The summed E-state index contributed by atoms with van der Waals surface area (Å²) in [6.45, 7) is 11.8. The highest BCUT2D eigenvalue weighted by atomic mass is 127. The summed E-state index contributed by atoms with van der Waals surface area (Å²) in [6, 6.07) is 21.9. The maximum Gasteiger partial charge on any atom is 0.129 e. The molecule has 0 aliphatic carbocycles. The van der Waals surface area contributed by atoms with E-state index >= 15 is 0 Å². The standard InChI is InChI=1S/C23H36N2.2HI/c1-5-24(3,6-2)19-20-25(4,21-23-15-11-8-12-16-23)18-17-22-13-9-7-10-14-22;;/h7-16H,5-6,17-21H2,1-4H3;2*1H/q+2;;/p-2. The normalized spacial score (nSPS) is 13.2. The molecule has 27 heavy (non-hydrogen) atoms. The molecule has 2 nitrogen and oxygen atoms in total. The molecule has 1 unspecified atom stereocenters. The summed E-state index contributed by atoms with van der Waals surface area (Å²) in [5, 5.41) is 0. The molecule has 0 radical (unpaired) electrons. The van der Waals surface area contributed by atoms with Gasteiger partial charge < -0.3 is 56.9 Å². The number of quaternary nitrogens is 2. The van der Waals surface area contributed by atoms with Gasteiger partial charge >= 0.3 is 0 Å². The zero-order valence-electron chi connectivity index (χ0n) is 17.4. The summed E-state index contributed by atoms with van der Waals surface area (Å²) in [7, 11) is 4.83. The van der Waals surface area contributed by atoms with E-state index in [1.54, 1.807) is 0 Å². The summed E-state index contributed by atoms with van der Waals surface area (Å²) in [4.78, 5) is 0. The Hall–Kier alpha value is -0.180. The highest BCUT2D eigenvalue weighted by Gasteiger charge is 2.27. The lowest BCUT2D eigenvalue weighted by atomic mass is 10.1. The first-order chi connectivity index (χ1) is 12.0. The lowest BCUT2D eigenvalue weighted by molar-refractivity contribution is -0.969. The van der Waals surface area contributed by atoms with Crippen molar-refractivity contribution in [3.63, 3.8) is 0 Å². The quantitative estimate of drug-likeness (QED) is 0.229. The molecule has 1 atom stereocenters. The summed E-state index contributed by atoms with van der Waals surface area (Å²) in [6.07, 6.45) is 1.14. The fourth-order valence-electron chi connectivity index (χ4n) is 3.36. The maximum absolute atomic E-state index is 2.44. The Kier molecular flexibility index (Phi) is 13.0. The van der Waals surface area contributed by atoms with E-state index in [-0.39, 0.29) is 48.0 Å². The minimum absolute atomic E-state index is 0. The van der Waals surface area contributed by atoms with Gasteiger partial charge in [0.05, 0.1) is 33.7 Å². The molecule has 0 spiro atoms. The summed E-state index contributed by atoms with van der Waals surface area (Å²) in [5.74, 6) is 0. The van der Waals surface area contributed by atoms with Crippen LogP contribution in [0.4, 0.5) is 0 Å².